The predicted molar refractivity (Wildman–Crippen MR) is 117 cm³/mol. The molecule has 0 aromatic heterocycles. The lowest BCUT2D eigenvalue weighted by Crippen LogP contribution is -2.42. The first-order chi connectivity index (χ1) is 14.6. The van der Waals surface area contributed by atoms with Crippen LogP contribution in [0.2, 0.25) is 5.02 Å². The minimum atomic E-state index is -0.244. The average molecular weight is 427 g/mol. The van der Waals surface area contributed by atoms with Crippen molar-refractivity contribution in [1.29, 1.82) is 0 Å². The normalized spacial score (nSPS) is 21.5. The van der Waals surface area contributed by atoms with E-state index >= 15 is 0 Å². The van der Waals surface area contributed by atoms with Crippen molar-refractivity contribution < 1.29 is 14.3 Å². The highest BCUT2D eigenvalue weighted by molar-refractivity contribution is 6.30. The van der Waals surface area contributed by atoms with Crippen LogP contribution in [0.4, 0.5) is 0 Å². The molecule has 2 atom stereocenters. The monoisotopic (exact) mass is 426 g/mol. The second-order valence-electron chi connectivity index (χ2n) is 8.09. The standard InChI is InChI=1S/C24H27ClN2O3/c1-30-20-7-5-6-18(14-20)21-15-27(23(28)17-8-10-19(25)11-9-17)16-22(21)24(29)26-12-3-2-4-13-26/h5-11,14,21-22H,2-4,12-13,15-16H2,1H3/t21-,22-/m1/s1. The minimum absolute atomic E-state index is 0.0502. The summed E-state index contributed by atoms with van der Waals surface area (Å²) in [5.74, 6) is 0.568. The molecule has 5 nitrogen and oxygen atoms in total. The molecule has 6 heteroatoms. The van der Waals surface area contributed by atoms with Crippen molar-refractivity contribution in [1.82, 2.24) is 9.80 Å². The predicted octanol–water partition coefficient (Wildman–Crippen LogP) is 4.22. The zero-order chi connectivity index (χ0) is 21.1. The maximum atomic E-state index is 13.4. The van der Waals surface area contributed by atoms with Gasteiger partial charge in [0.05, 0.1) is 13.0 Å². The molecule has 0 saturated carbocycles. The summed E-state index contributed by atoms with van der Waals surface area (Å²) in [6.07, 6.45) is 3.28. The summed E-state index contributed by atoms with van der Waals surface area (Å²) in [6.45, 7) is 2.56. The van der Waals surface area contributed by atoms with Crippen molar-refractivity contribution in [2.75, 3.05) is 33.3 Å². The Morgan fingerprint density at radius 2 is 1.70 bits per heavy atom. The number of carbonyl (C=O) groups is 2. The fourth-order valence-corrected chi connectivity index (χ4v) is 4.68. The van der Waals surface area contributed by atoms with Gasteiger partial charge in [-0.3, -0.25) is 9.59 Å². The highest BCUT2D eigenvalue weighted by Crippen LogP contribution is 2.36. The zero-order valence-corrected chi connectivity index (χ0v) is 18.0. The van der Waals surface area contributed by atoms with Crippen LogP contribution in [0, 0.1) is 5.92 Å². The Hall–Kier alpha value is -2.53. The lowest BCUT2D eigenvalue weighted by molar-refractivity contribution is -0.136. The van der Waals surface area contributed by atoms with Gasteiger partial charge in [-0.25, -0.2) is 0 Å². The van der Waals surface area contributed by atoms with Crippen LogP contribution < -0.4 is 4.74 Å². The molecule has 2 aliphatic rings. The Morgan fingerprint density at radius 3 is 2.40 bits per heavy atom. The largest absolute Gasteiger partial charge is 0.497 e. The molecule has 2 aromatic carbocycles. The van der Waals surface area contributed by atoms with Crippen LogP contribution in [-0.2, 0) is 4.79 Å². The summed E-state index contributed by atoms with van der Waals surface area (Å²) in [6, 6.07) is 14.8. The number of piperidine rings is 1. The number of benzene rings is 2. The topological polar surface area (TPSA) is 49.9 Å². The Kier molecular flexibility index (Phi) is 6.28. The number of ether oxygens (including phenoxy) is 1. The van der Waals surface area contributed by atoms with Gasteiger partial charge in [-0.2, -0.15) is 0 Å². The number of likely N-dealkylation sites (tertiary alicyclic amines) is 2. The Balaban J connectivity index is 1.61. The van der Waals surface area contributed by atoms with Crippen molar-refractivity contribution >= 4 is 23.4 Å². The molecule has 2 aromatic rings. The minimum Gasteiger partial charge on any atom is -0.497 e. The van der Waals surface area contributed by atoms with Crippen molar-refractivity contribution in [3.05, 3.63) is 64.7 Å². The molecule has 0 bridgehead atoms. The van der Waals surface area contributed by atoms with E-state index in [2.05, 4.69) is 0 Å². The fourth-order valence-electron chi connectivity index (χ4n) is 4.55. The summed E-state index contributed by atoms with van der Waals surface area (Å²) >= 11 is 5.97. The highest BCUT2D eigenvalue weighted by atomic mass is 35.5. The lowest BCUT2D eigenvalue weighted by atomic mass is 9.87. The van der Waals surface area contributed by atoms with Gasteiger partial charge in [-0.15, -0.1) is 0 Å². The van der Waals surface area contributed by atoms with Crippen LogP contribution in [0.15, 0.2) is 48.5 Å². The molecule has 0 radical (unpaired) electrons. The number of hydrogen-bond donors (Lipinski definition) is 0. The molecule has 2 heterocycles. The first kappa shape index (κ1) is 20.7. The van der Waals surface area contributed by atoms with Gasteiger partial charge in [0.1, 0.15) is 5.75 Å². The third kappa shape index (κ3) is 4.31. The van der Waals surface area contributed by atoms with E-state index in [-0.39, 0.29) is 23.7 Å². The number of nitrogens with zero attached hydrogens (tertiary/aromatic N) is 2. The molecular weight excluding hydrogens is 400 g/mol. The van der Waals surface area contributed by atoms with Crippen LogP contribution >= 0.6 is 11.6 Å². The summed E-state index contributed by atoms with van der Waals surface area (Å²) in [7, 11) is 1.64. The quantitative estimate of drug-likeness (QED) is 0.735. The van der Waals surface area contributed by atoms with Crippen LogP contribution in [-0.4, -0.2) is 54.9 Å². The van der Waals surface area contributed by atoms with Gasteiger partial charge >= 0.3 is 0 Å². The van der Waals surface area contributed by atoms with Crippen molar-refractivity contribution in [2.45, 2.75) is 25.2 Å². The summed E-state index contributed by atoms with van der Waals surface area (Å²) < 4.78 is 5.39. The molecule has 2 fully saturated rings. The molecule has 2 saturated heterocycles. The average Bonchev–Trinajstić information content (AvgIpc) is 3.25. The van der Waals surface area contributed by atoms with Gasteiger partial charge in [0.2, 0.25) is 5.91 Å². The van der Waals surface area contributed by atoms with E-state index in [9.17, 15) is 9.59 Å². The van der Waals surface area contributed by atoms with E-state index in [1.54, 1.807) is 36.3 Å². The van der Waals surface area contributed by atoms with Gasteiger partial charge in [-0.1, -0.05) is 23.7 Å². The van der Waals surface area contributed by atoms with Gasteiger partial charge in [0.15, 0.2) is 0 Å². The van der Waals surface area contributed by atoms with Gasteiger partial charge in [0.25, 0.3) is 5.91 Å². The first-order valence-corrected chi connectivity index (χ1v) is 10.9. The molecule has 2 aliphatic heterocycles. The summed E-state index contributed by atoms with van der Waals surface area (Å²) in [5, 5.41) is 0.598. The molecule has 0 N–H and O–H groups in total. The molecule has 2 amide bonds. The van der Waals surface area contributed by atoms with Gasteiger partial charge < -0.3 is 14.5 Å². The second-order valence-corrected chi connectivity index (χ2v) is 8.53. The first-order valence-electron chi connectivity index (χ1n) is 10.5. The van der Waals surface area contributed by atoms with Crippen molar-refractivity contribution in [2.24, 2.45) is 5.92 Å². The Bertz CT molecular complexity index is 909. The molecule has 0 spiro atoms. The van der Waals surface area contributed by atoms with E-state index in [4.69, 9.17) is 16.3 Å². The molecule has 0 unspecified atom stereocenters. The summed E-state index contributed by atoms with van der Waals surface area (Å²) in [5.41, 5.74) is 1.63. The summed E-state index contributed by atoms with van der Waals surface area (Å²) in [4.78, 5) is 30.4. The zero-order valence-electron chi connectivity index (χ0n) is 17.2. The molecule has 158 valence electrons. The van der Waals surface area contributed by atoms with E-state index in [0.29, 0.717) is 23.7 Å². The smallest absolute Gasteiger partial charge is 0.253 e. The van der Waals surface area contributed by atoms with Crippen LogP contribution in [0.5, 0.6) is 5.75 Å². The number of rotatable bonds is 4. The number of carbonyl (C=O) groups excluding carboxylic acids is 2. The molecular formula is C24H27ClN2O3. The second kappa shape index (κ2) is 9.09. The number of halogens is 1. The van der Waals surface area contributed by atoms with Crippen LogP contribution in [0.25, 0.3) is 0 Å². The van der Waals surface area contributed by atoms with Crippen LogP contribution in [0.3, 0.4) is 0 Å². The van der Waals surface area contributed by atoms with E-state index in [1.165, 1.54) is 6.42 Å². The lowest BCUT2D eigenvalue weighted by Gasteiger charge is -2.31. The van der Waals surface area contributed by atoms with Gasteiger partial charge in [0, 0.05) is 42.7 Å². The SMILES string of the molecule is COc1cccc([C@H]2CN(C(=O)c3ccc(Cl)cc3)C[C@H]2C(=O)N2CCCCC2)c1. The Labute approximate surface area is 182 Å². The third-order valence-electron chi connectivity index (χ3n) is 6.21. The van der Waals surface area contributed by atoms with E-state index < -0.39 is 0 Å². The maximum absolute atomic E-state index is 13.4. The third-order valence-corrected chi connectivity index (χ3v) is 6.46. The van der Waals surface area contributed by atoms with Crippen molar-refractivity contribution in [3.63, 3.8) is 0 Å². The molecule has 0 aliphatic carbocycles. The van der Waals surface area contributed by atoms with Crippen LogP contribution in [0.1, 0.15) is 41.1 Å². The molecule has 4 rings (SSSR count). The van der Waals surface area contributed by atoms with Crippen molar-refractivity contribution in [3.8, 4) is 5.75 Å². The maximum Gasteiger partial charge on any atom is 0.253 e. The number of amides is 2. The van der Waals surface area contributed by atoms with Gasteiger partial charge in [-0.05, 0) is 61.2 Å². The highest BCUT2D eigenvalue weighted by Gasteiger charge is 2.42. The number of hydrogen-bond acceptors (Lipinski definition) is 3. The fraction of sp³-hybridized carbons (Fsp3) is 0.417. The number of methoxy groups -OCH3 is 1. The molecule has 30 heavy (non-hydrogen) atoms. The van der Waals surface area contributed by atoms with E-state index in [0.717, 1.165) is 37.2 Å². The van der Waals surface area contributed by atoms with E-state index in [1.807, 2.05) is 29.2 Å². The Morgan fingerprint density at radius 1 is 0.967 bits per heavy atom.